The lowest BCUT2D eigenvalue weighted by Crippen LogP contribution is -2.54. The highest BCUT2D eigenvalue weighted by atomic mass is 16.4. The van der Waals surface area contributed by atoms with Gasteiger partial charge in [0.25, 0.3) is 0 Å². The molecule has 2 aromatic carbocycles. The fourth-order valence-corrected chi connectivity index (χ4v) is 3.70. The molecular weight excluding hydrogens is 504 g/mol. The van der Waals surface area contributed by atoms with Gasteiger partial charge in [0, 0.05) is 12.8 Å². The van der Waals surface area contributed by atoms with Gasteiger partial charge in [-0.05, 0) is 42.0 Å². The minimum absolute atomic E-state index is 0.0251. The Morgan fingerprint density at radius 1 is 0.744 bits per heavy atom. The molecule has 210 valence electrons. The zero-order chi connectivity index (χ0) is 28.8. The second kappa shape index (κ2) is 15.8. The van der Waals surface area contributed by atoms with Crippen LogP contribution in [0.5, 0.6) is 5.75 Å². The van der Waals surface area contributed by atoms with E-state index in [0.717, 1.165) is 11.1 Å². The van der Waals surface area contributed by atoms with Crippen molar-refractivity contribution < 1.29 is 34.2 Å². The Kier molecular flexibility index (Phi) is 12.4. The van der Waals surface area contributed by atoms with Gasteiger partial charge < -0.3 is 31.5 Å². The van der Waals surface area contributed by atoms with Crippen LogP contribution in [0.3, 0.4) is 0 Å². The molecule has 11 nitrogen and oxygen atoms in total. The van der Waals surface area contributed by atoms with Crippen LogP contribution in [0, 0.1) is 5.92 Å². The molecule has 11 heteroatoms. The van der Waals surface area contributed by atoms with Gasteiger partial charge in [0.2, 0.25) is 23.6 Å². The van der Waals surface area contributed by atoms with Crippen molar-refractivity contribution in [3.05, 3.63) is 65.7 Å². The molecule has 2 aromatic rings. The molecule has 0 aliphatic heterocycles. The zero-order valence-electron chi connectivity index (χ0n) is 22.1. The molecule has 0 spiro atoms. The van der Waals surface area contributed by atoms with Gasteiger partial charge in [-0.15, -0.1) is 0 Å². The van der Waals surface area contributed by atoms with E-state index in [9.17, 15) is 34.2 Å². The topological polar surface area (TPSA) is 174 Å². The molecule has 0 heterocycles. The fourth-order valence-electron chi connectivity index (χ4n) is 3.70. The van der Waals surface area contributed by atoms with E-state index in [-0.39, 0.29) is 43.4 Å². The summed E-state index contributed by atoms with van der Waals surface area (Å²) in [5, 5.41) is 28.7. The number of aromatic hydroxyl groups is 1. The van der Waals surface area contributed by atoms with Crippen molar-refractivity contribution >= 4 is 29.6 Å². The van der Waals surface area contributed by atoms with Crippen LogP contribution in [0.1, 0.15) is 37.8 Å². The van der Waals surface area contributed by atoms with Crippen molar-refractivity contribution in [1.82, 2.24) is 21.3 Å². The largest absolute Gasteiger partial charge is 0.508 e. The van der Waals surface area contributed by atoms with Crippen molar-refractivity contribution in [2.75, 3.05) is 13.1 Å². The third-order valence-corrected chi connectivity index (χ3v) is 5.73. The first-order chi connectivity index (χ1) is 18.5. The Labute approximate surface area is 227 Å². The van der Waals surface area contributed by atoms with E-state index in [1.54, 1.807) is 36.4 Å². The summed E-state index contributed by atoms with van der Waals surface area (Å²) < 4.78 is 0. The number of aliphatic carboxylic acids is 1. The van der Waals surface area contributed by atoms with Crippen LogP contribution in [0.15, 0.2) is 54.6 Å². The number of phenols is 1. The van der Waals surface area contributed by atoms with Crippen LogP contribution in [-0.4, -0.2) is 65.0 Å². The molecular formula is C28H36N4O7. The lowest BCUT2D eigenvalue weighted by atomic mass is 10.0. The maximum Gasteiger partial charge on any atom is 0.326 e. The van der Waals surface area contributed by atoms with Gasteiger partial charge in [0.15, 0.2) is 0 Å². The van der Waals surface area contributed by atoms with E-state index in [0.29, 0.717) is 6.42 Å². The van der Waals surface area contributed by atoms with Gasteiger partial charge >= 0.3 is 5.97 Å². The number of rotatable bonds is 15. The number of phenolic OH excluding ortho intramolecular Hbond substituents is 1. The lowest BCUT2D eigenvalue weighted by molar-refractivity contribution is -0.142. The summed E-state index contributed by atoms with van der Waals surface area (Å²) in [6.45, 7) is 2.92. The molecule has 0 radical (unpaired) electrons. The van der Waals surface area contributed by atoms with E-state index in [1.807, 2.05) is 19.9 Å². The van der Waals surface area contributed by atoms with Gasteiger partial charge in [0.1, 0.15) is 17.8 Å². The quantitative estimate of drug-likeness (QED) is 0.195. The van der Waals surface area contributed by atoms with E-state index >= 15 is 0 Å². The van der Waals surface area contributed by atoms with Gasteiger partial charge in [-0.25, -0.2) is 4.79 Å². The lowest BCUT2D eigenvalue weighted by Gasteiger charge is -2.22. The summed E-state index contributed by atoms with van der Waals surface area (Å²) in [6, 6.07) is 13.2. The minimum Gasteiger partial charge on any atom is -0.508 e. The molecule has 39 heavy (non-hydrogen) atoms. The third-order valence-electron chi connectivity index (χ3n) is 5.73. The number of carbonyl (C=O) groups excluding carboxylic acids is 4. The van der Waals surface area contributed by atoms with Crippen LogP contribution in [0.2, 0.25) is 0 Å². The van der Waals surface area contributed by atoms with Crippen LogP contribution in [0.25, 0.3) is 0 Å². The number of nitrogens with one attached hydrogen (secondary N) is 4. The number of carboxylic acids is 1. The summed E-state index contributed by atoms with van der Waals surface area (Å²) in [4.78, 5) is 61.2. The summed E-state index contributed by atoms with van der Waals surface area (Å²) in [6.07, 6.45) is 0.922. The molecule has 4 amide bonds. The van der Waals surface area contributed by atoms with Crippen molar-refractivity contribution in [2.45, 2.75) is 51.6 Å². The van der Waals surface area contributed by atoms with E-state index < -0.39 is 42.3 Å². The Bertz CT molecular complexity index is 1120. The SMILES string of the molecule is CC(C)C[C@H](NC(=O)[C@H](Cc1ccccc1)NC(=O)CNC(=O)CNC(=O)CCc1ccc(O)cc1)C(=O)O. The van der Waals surface area contributed by atoms with E-state index in [1.165, 1.54) is 12.1 Å². The molecule has 0 aromatic heterocycles. The number of hydrogen-bond donors (Lipinski definition) is 6. The average Bonchev–Trinajstić information content (AvgIpc) is 2.89. The Balaban J connectivity index is 1.85. The number of hydrogen-bond acceptors (Lipinski definition) is 6. The van der Waals surface area contributed by atoms with E-state index in [4.69, 9.17) is 0 Å². The molecule has 0 saturated heterocycles. The predicted octanol–water partition coefficient (Wildman–Crippen LogP) is 0.900. The van der Waals surface area contributed by atoms with Crippen LogP contribution < -0.4 is 21.3 Å². The van der Waals surface area contributed by atoms with Crippen LogP contribution >= 0.6 is 0 Å². The molecule has 2 atom stereocenters. The van der Waals surface area contributed by atoms with Crippen molar-refractivity contribution in [3.8, 4) is 5.75 Å². The first-order valence-electron chi connectivity index (χ1n) is 12.7. The number of aryl methyl sites for hydroxylation is 1. The maximum atomic E-state index is 12.9. The molecule has 0 unspecified atom stereocenters. The second-order valence-electron chi connectivity index (χ2n) is 9.56. The molecule has 0 fully saturated rings. The van der Waals surface area contributed by atoms with Crippen molar-refractivity contribution in [3.63, 3.8) is 0 Å². The first kappa shape index (κ1) is 30.8. The minimum atomic E-state index is -1.17. The third kappa shape index (κ3) is 12.1. The van der Waals surface area contributed by atoms with E-state index in [2.05, 4.69) is 21.3 Å². The molecule has 0 aliphatic carbocycles. The zero-order valence-corrected chi connectivity index (χ0v) is 22.1. The number of carbonyl (C=O) groups is 5. The van der Waals surface area contributed by atoms with Crippen LogP contribution in [0.4, 0.5) is 0 Å². The van der Waals surface area contributed by atoms with Crippen LogP contribution in [-0.2, 0) is 36.8 Å². The second-order valence-corrected chi connectivity index (χ2v) is 9.56. The Morgan fingerprint density at radius 3 is 1.97 bits per heavy atom. The highest BCUT2D eigenvalue weighted by Gasteiger charge is 2.27. The fraction of sp³-hybridized carbons (Fsp3) is 0.393. The summed E-state index contributed by atoms with van der Waals surface area (Å²) in [5.74, 6) is -3.24. The number of amides is 4. The van der Waals surface area contributed by atoms with Gasteiger partial charge in [0.05, 0.1) is 13.1 Å². The van der Waals surface area contributed by atoms with Gasteiger partial charge in [-0.1, -0.05) is 56.3 Å². The molecule has 0 aliphatic rings. The Morgan fingerprint density at radius 2 is 1.36 bits per heavy atom. The highest BCUT2D eigenvalue weighted by Crippen LogP contribution is 2.11. The highest BCUT2D eigenvalue weighted by molar-refractivity contribution is 5.92. The molecule has 0 saturated carbocycles. The maximum absolute atomic E-state index is 12.9. The van der Waals surface area contributed by atoms with Gasteiger partial charge in [-0.3, -0.25) is 19.2 Å². The number of benzene rings is 2. The smallest absolute Gasteiger partial charge is 0.326 e. The Hall–Kier alpha value is -4.41. The van der Waals surface area contributed by atoms with Gasteiger partial charge in [-0.2, -0.15) is 0 Å². The molecule has 2 rings (SSSR count). The standard InChI is InChI=1S/C28H36N4O7/c1-18(2)14-23(28(38)39)32-27(37)22(15-20-6-4-3-5-7-20)31-26(36)17-30-25(35)16-29-24(34)13-10-19-8-11-21(33)12-9-19/h3-9,11-12,18,22-23,33H,10,13-17H2,1-2H3,(H,29,34)(H,30,35)(H,31,36)(H,32,37)(H,38,39)/t22-,23-/m0/s1. The normalized spacial score (nSPS) is 12.2. The molecule has 6 N–H and O–H groups in total. The van der Waals surface area contributed by atoms with Crippen molar-refractivity contribution in [1.29, 1.82) is 0 Å². The van der Waals surface area contributed by atoms with Crippen molar-refractivity contribution in [2.24, 2.45) is 5.92 Å². The number of carboxylic acid groups (broad SMARTS) is 1. The molecule has 0 bridgehead atoms. The summed E-state index contributed by atoms with van der Waals surface area (Å²) in [7, 11) is 0. The predicted molar refractivity (Wildman–Crippen MR) is 144 cm³/mol. The monoisotopic (exact) mass is 540 g/mol. The first-order valence-corrected chi connectivity index (χ1v) is 12.7. The summed E-state index contributed by atoms with van der Waals surface area (Å²) in [5.41, 5.74) is 1.62. The summed E-state index contributed by atoms with van der Waals surface area (Å²) >= 11 is 0. The average molecular weight is 541 g/mol.